The van der Waals surface area contributed by atoms with E-state index < -0.39 is 30.0 Å². The molecule has 0 aliphatic heterocycles. The van der Waals surface area contributed by atoms with Gasteiger partial charge in [0.25, 0.3) is 20.2 Å². The van der Waals surface area contributed by atoms with E-state index >= 15 is 0 Å². The summed E-state index contributed by atoms with van der Waals surface area (Å²) < 4.78 is 63.9. The molecule has 4 N–H and O–H groups in total. The van der Waals surface area contributed by atoms with Crippen LogP contribution >= 0.6 is 0 Å². The maximum atomic E-state index is 11.6. The van der Waals surface area contributed by atoms with Crippen LogP contribution in [0.25, 0.3) is 0 Å². The second kappa shape index (κ2) is 5.85. The van der Waals surface area contributed by atoms with Crippen molar-refractivity contribution in [3.05, 3.63) is 42.5 Å². The molecule has 1 atom stereocenters. The molecule has 11 heteroatoms. The number of nitrogens with zero attached hydrogens (tertiary/aromatic N) is 2. The lowest BCUT2D eigenvalue weighted by Crippen LogP contribution is -2.34. The van der Waals surface area contributed by atoms with E-state index in [1.54, 1.807) is 6.08 Å². The van der Waals surface area contributed by atoms with E-state index in [0.29, 0.717) is 0 Å². The predicted octanol–water partition coefficient (Wildman–Crippen LogP) is 1.70. The quantitative estimate of drug-likeness (QED) is 0.419. The highest BCUT2D eigenvalue weighted by atomic mass is 32.2. The molecule has 2 rings (SSSR count). The van der Waals surface area contributed by atoms with Crippen molar-refractivity contribution in [3.8, 4) is 0 Å². The molecule has 23 heavy (non-hydrogen) atoms. The Bertz CT molecular complexity index is 918. The van der Waals surface area contributed by atoms with Gasteiger partial charge in [-0.2, -0.15) is 27.1 Å². The van der Waals surface area contributed by atoms with E-state index in [9.17, 15) is 21.4 Å². The minimum atomic E-state index is -4.60. The Labute approximate surface area is 132 Å². The van der Waals surface area contributed by atoms with E-state index in [2.05, 4.69) is 10.2 Å². The molecule has 9 nitrogen and oxygen atoms in total. The molecule has 0 bridgehead atoms. The first-order chi connectivity index (χ1) is 10.6. The van der Waals surface area contributed by atoms with Crippen molar-refractivity contribution in [2.24, 2.45) is 10.2 Å². The fourth-order valence-electron chi connectivity index (χ4n) is 1.86. The lowest BCUT2D eigenvalue weighted by Gasteiger charge is -2.21. The van der Waals surface area contributed by atoms with Crippen molar-refractivity contribution in [1.82, 2.24) is 0 Å². The smallest absolute Gasteiger partial charge is 0.297 e. The second-order valence-electron chi connectivity index (χ2n) is 4.71. The average molecular weight is 359 g/mol. The van der Waals surface area contributed by atoms with E-state index in [-0.39, 0.29) is 17.8 Å². The first-order valence-corrected chi connectivity index (χ1v) is 9.04. The summed E-state index contributed by atoms with van der Waals surface area (Å²) in [4.78, 5) is -2.56. The summed E-state index contributed by atoms with van der Waals surface area (Å²) in [6.45, 7) is 0. The van der Waals surface area contributed by atoms with E-state index in [1.165, 1.54) is 24.3 Å². The molecular formula is C12H13N3O6S2. The van der Waals surface area contributed by atoms with Crippen molar-refractivity contribution in [2.75, 3.05) is 5.73 Å². The standard InChI is InChI=1S/C12H13N3O6S2/c13-10-5-4-9(8-11(10)22(16,17)18)14-15-12(23(19,20)21)6-2-1-3-7-12/h1-6,8H,7,13H2,(H,16,17,18)(H,19,20,21). The van der Waals surface area contributed by atoms with Crippen LogP contribution in [-0.2, 0) is 20.2 Å². The molecule has 0 saturated carbocycles. The summed E-state index contributed by atoms with van der Waals surface area (Å²) in [7, 11) is -9.16. The number of azo groups is 1. The van der Waals surface area contributed by atoms with Crippen LogP contribution < -0.4 is 5.73 Å². The maximum Gasteiger partial charge on any atom is 0.297 e. The summed E-state index contributed by atoms with van der Waals surface area (Å²) in [5.41, 5.74) is 5.19. The van der Waals surface area contributed by atoms with Gasteiger partial charge in [-0.15, -0.1) is 0 Å². The Morgan fingerprint density at radius 2 is 1.83 bits per heavy atom. The van der Waals surface area contributed by atoms with Crippen molar-refractivity contribution in [1.29, 1.82) is 0 Å². The molecule has 124 valence electrons. The third-order valence-corrected chi connectivity index (χ3v) is 5.26. The molecule has 0 heterocycles. The molecule has 0 aromatic heterocycles. The number of nitrogens with two attached hydrogens (primary N) is 1. The van der Waals surface area contributed by atoms with Crippen molar-refractivity contribution in [3.63, 3.8) is 0 Å². The molecule has 0 spiro atoms. The maximum absolute atomic E-state index is 11.6. The van der Waals surface area contributed by atoms with Crippen molar-refractivity contribution < 1.29 is 25.9 Å². The summed E-state index contributed by atoms with van der Waals surface area (Å²) in [5.74, 6) is 0. The van der Waals surface area contributed by atoms with Crippen LogP contribution in [-0.4, -0.2) is 30.8 Å². The fourth-order valence-corrected chi connectivity index (χ4v) is 3.19. The Morgan fingerprint density at radius 3 is 2.35 bits per heavy atom. The normalized spacial score (nSPS) is 21.8. The lowest BCUT2D eigenvalue weighted by molar-refractivity contribution is 0.444. The van der Waals surface area contributed by atoms with Crippen LogP contribution in [0, 0.1) is 0 Å². The van der Waals surface area contributed by atoms with Gasteiger partial charge in [0.2, 0.25) is 4.87 Å². The van der Waals surface area contributed by atoms with E-state index in [0.717, 1.165) is 12.1 Å². The Balaban J connectivity index is 2.47. The van der Waals surface area contributed by atoms with Gasteiger partial charge in [0.15, 0.2) is 0 Å². The van der Waals surface area contributed by atoms with Gasteiger partial charge in [-0.05, 0) is 24.3 Å². The summed E-state index contributed by atoms with van der Waals surface area (Å²) in [6, 6.07) is 3.40. The largest absolute Gasteiger partial charge is 0.398 e. The van der Waals surface area contributed by atoms with Crippen LogP contribution in [0.2, 0.25) is 0 Å². The summed E-state index contributed by atoms with van der Waals surface area (Å²) in [5, 5.41) is 7.29. The highest BCUT2D eigenvalue weighted by Gasteiger charge is 2.41. The Hall–Kier alpha value is -2.08. The van der Waals surface area contributed by atoms with Crippen LogP contribution in [0.5, 0.6) is 0 Å². The highest BCUT2D eigenvalue weighted by Crippen LogP contribution is 2.31. The van der Waals surface area contributed by atoms with Crippen molar-refractivity contribution >= 4 is 31.6 Å². The Kier molecular flexibility index (Phi) is 4.39. The molecule has 0 amide bonds. The fraction of sp³-hybridized carbons (Fsp3) is 0.167. The number of hydrogen-bond donors (Lipinski definition) is 3. The SMILES string of the molecule is Nc1ccc(N=NC2(S(=O)(=O)O)C=CC=CC2)cc1S(=O)(=O)O. The monoisotopic (exact) mass is 359 g/mol. The van der Waals surface area contributed by atoms with E-state index in [1.807, 2.05) is 0 Å². The van der Waals surface area contributed by atoms with Crippen LogP contribution in [0.4, 0.5) is 11.4 Å². The van der Waals surface area contributed by atoms with Gasteiger partial charge in [-0.25, -0.2) is 0 Å². The second-order valence-corrected chi connectivity index (χ2v) is 7.76. The minimum absolute atomic E-state index is 0.0576. The molecule has 1 aromatic rings. The first kappa shape index (κ1) is 17.3. The summed E-state index contributed by atoms with van der Waals surface area (Å²) >= 11 is 0. The topological polar surface area (TPSA) is 159 Å². The van der Waals surface area contributed by atoms with Crippen LogP contribution in [0.3, 0.4) is 0 Å². The molecule has 1 aliphatic carbocycles. The number of nitrogen functional groups attached to an aromatic ring is 1. The average Bonchev–Trinajstić information content (AvgIpc) is 2.45. The zero-order chi connectivity index (χ0) is 17.3. The van der Waals surface area contributed by atoms with E-state index in [4.69, 9.17) is 10.3 Å². The number of benzene rings is 1. The minimum Gasteiger partial charge on any atom is -0.398 e. The number of hydrogen-bond acceptors (Lipinski definition) is 7. The van der Waals surface area contributed by atoms with Gasteiger partial charge in [-0.1, -0.05) is 18.2 Å². The molecule has 0 saturated heterocycles. The van der Waals surface area contributed by atoms with Crippen LogP contribution in [0.1, 0.15) is 6.42 Å². The number of rotatable bonds is 4. The Morgan fingerprint density at radius 1 is 1.13 bits per heavy atom. The highest BCUT2D eigenvalue weighted by molar-refractivity contribution is 7.87. The zero-order valence-corrected chi connectivity index (χ0v) is 13.2. The van der Waals surface area contributed by atoms with Gasteiger partial charge in [-0.3, -0.25) is 9.11 Å². The molecule has 1 aliphatic rings. The predicted molar refractivity (Wildman–Crippen MR) is 82.4 cm³/mol. The van der Waals surface area contributed by atoms with Gasteiger partial charge in [0.05, 0.1) is 11.4 Å². The third kappa shape index (κ3) is 3.64. The summed E-state index contributed by atoms with van der Waals surface area (Å²) in [6.07, 6.45) is 5.49. The van der Waals surface area contributed by atoms with Gasteiger partial charge < -0.3 is 5.73 Å². The first-order valence-electron chi connectivity index (χ1n) is 6.16. The van der Waals surface area contributed by atoms with Gasteiger partial charge >= 0.3 is 0 Å². The molecule has 0 radical (unpaired) electrons. The molecule has 1 unspecified atom stereocenters. The van der Waals surface area contributed by atoms with Gasteiger partial charge in [0, 0.05) is 6.42 Å². The van der Waals surface area contributed by atoms with Crippen LogP contribution in [0.15, 0.2) is 57.6 Å². The number of anilines is 1. The third-order valence-electron chi connectivity index (χ3n) is 3.07. The molecular weight excluding hydrogens is 346 g/mol. The molecule has 0 fully saturated rings. The lowest BCUT2D eigenvalue weighted by atomic mass is 10.1. The zero-order valence-electron chi connectivity index (χ0n) is 11.6. The number of allylic oxidation sites excluding steroid dienone is 2. The molecule has 1 aromatic carbocycles. The van der Waals surface area contributed by atoms with Crippen molar-refractivity contribution in [2.45, 2.75) is 16.2 Å². The van der Waals surface area contributed by atoms with Gasteiger partial charge in [0.1, 0.15) is 4.90 Å².